The Balaban J connectivity index is 1.48. The van der Waals surface area contributed by atoms with E-state index in [4.69, 9.17) is 0 Å². The summed E-state index contributed by atoms with van der Waals surface area (Å²) in [6, 6.07) is 5.62. The molecule has 0 amide bonds. The van der Waals surface area contributed by atoms with Crippen molar-refractivity contribution in [2.75, 3.05) is 18.0 Å². The molecule has 1 aliphatic heterocycles. The Morgan fingerprint density at radius 1 is 0.933 bits per heavy atom. The van der Waals surface area contributed by atoms with Crippen LogP contribution < -0.4 is 4.90 Å². The zero-order valence-corrected chi connectivity index (χ0v) is 17.1. The van der Waals surface area contributed by atoms with E-state index in [1.165, 1.54) is 23.5 Å². The zero-order chi connectivity index (χ0) is 21.5. The first kappa shape index (κ1) is 20.8. The molecule has 0 aliphatic carbocycles. The second-order valence-electron chi connectivity index (χ2n) is 6.98. The van der Waals surface area contributed by atoms with Gasteiger partial charge in [-0.25, -0.2) is 31.0 Å². The maximum atomic E-state index is 14.0. The van der Waals surface area contributed by atoms with Crippen LogP contribution in [-0.2, 0) is 9.84 Å². The number of benzene rings is 2. The molecule has 1 saturated heterocycles. The highest BCUT2D eigenvalue weighted by Gasteiger charge is 2.34. The monoisotopic (exact) mass is 456 g/mol. The Hall–Kier alpha value is -2.46. The fraction of sp³-hybridized carbons (Fsp3) is 0.250. The molecule has 1 aromatic heterocycles. The molecule has 30 heavy (non-hydrogen) atoms. The molecule has 0 unspecified atom stereocenters. The third-order valence-corrected chi connectivity index (χ3v) is 8.20. The highest BCUT2D eigenvalue weighted by molar-refractivity contribution is 7.92. The summed E-state index contributed by atoms with van der Waals surface area (Å²) in [6.45, 7) is 0.744. The molecule has 0 N–H and O–H groups in total. The summed E-state index contributed by atoms with van der Waals surface area (Å²) in [6.07, 6.45) is 0.505. The van der Waals surface area contributed by atoms with Gasteiger partial charge in [-0.2, -0.15) is 0 Å². The molecule has 4 rings (SSSR count). The molecule has 2 heterocycles. The standard InChI is InChI=1S/C20H16F4N2O2S2/c21-13-1-2-19(17(24)10-13)30(27,28)16-3-5-26(6-4-16)20-25-18(11-29-20)12-7-14(22)9-15(23)8-12/h1-2,7-11,16H,3-6H2. The van der Waals surface area contributed by atoms with E-state index in [1.54, 1.807) is 5.38 Å². The second kappa shape index (κ2) is 7.99. The molecular weight excluding hydrogens is 440 g/mol. The van der Waals surface area contributed by atoms with Crippen LogP contribution in [0.2, 0.25) is 0 Å². The second-order valence-corrected chi connectivity index (χ2v) is 10.0. The Bertz CT molecular complexity index is 1170. The van der Waals surface area contributed by atoms with E-state index < -0.39 is 43.3 Å². The highest BCUT2D eigenvalue weighted by Crippen LogP contribution is 2.32. The van der Waals surface area contributed by atoms with Crippen molar-refractivity contribution >= 4 is 26.3 Å². The largest absolute Gasteiger partial charge is 0.348 e. The number of piperidine rings is 1. The summed E-state index contributed by atoms with van der Waals surface area (Å²) in [5.41, 5.74) is 0.746. The average molecular weight is 456 g/mol. The van der Waals surface area contributed by atoms with Crippen LogP contribution in [0.1, 0.15) is 12.8 Å². The Morgan fingerprint density at radius 3 is 2.23 bits per heavy atom. The number of aromatic nitrogens is 1. The van der Waals surface area contributed by atoms with E-state index in [0.717, 1.165) is 18.2 Å². The van der Waals surface area contributed by atoms with Gasteiger partial charge in [-0.3, -0.25) is 0 Å². The topological polar surface area (TPSA) is 50.3 Å². The number of hydrogen-bond acceptors (Lipinski definition) is 5. The average Bonchev–Trinajstić information content (AvgIpc) is 3.17. The first-order valence-electron chi connectivity index (χ1n) is 9.10. The van der Waals surface area contributed by atoms with Gasteiger partial charge < -0.3 is 4.90 Å². The highest BCUT2D eigenvalue weighted by atomic mass is 32.2. The number of sulfone groups is 1. The van der Waals surface area contributed by atoms with E-state index in [-0.39, 0.29) is 12.8 Å². The maximum absolute atomic E-state index is 14.0. The van der Waals surface area contributed by atoms with Gasteiger partial charge in [-0.15, -0.1) is 11.3 Å². The lowest BCUT2D eigenvalue weighted by molar-refractivity contribution is 0.516. The van der Waals surface area contributed by atoms with E-state index in [1.807, 2.05) is 4.90 Å². The van der Waals surface area contributed by atoms with Gasteiger partial charge in [0.1, 0.15) is 28.2 Å². The van der Waals surface area contributed by atoms with Gasteiger partial charge in [0.25, 0.3) is 0 Å². The van der Waals surface area contributed by atoms with Crippen LogP contribution in [0, 0.1) is 23.3 Å². The van der Waals surface area contributed by atoms with Gasteiger partial charge in [0.15, 0.2) is 15.0 Å². The minimum absolute atomic E-state index is 0.253. The molecule has 0 spiro atoms. The van der Waals surface area contributed by atoms with Crippen LogP contribution in [0.3, 0.4) is 0 Å². The van der Waals surface area contributed by atoms with Crippen LogP contribution in [0.15, 0.2) is 46.7 Å². The van der Waals surface area contributed by atoms with Crippen LogP contribution in [0.4, 0.5) is 22.7 Å². The van der Waals surface area contributed by atoms with Crippen molar-refractivity contribution < 1.29 is 26.0 Å². The molecule has 10 heteroatoms. The van der Waals surface area contributed by atoms with Crippen molar-refractivity contribution in [3.63, 3.8) is 0 Å². The van der Waals surface area contributed by atoms with Gasteiger partial charge in [-0.05, 0) is 37.1 Å². The SMILES string of the molecule is O=S(=O)(c1ccc(F)cc1F)C1CCN(c2nc(-c3cc(F)cc(F)c3)cs2)CC1. The molecule has 2 aromatic carbocycles. The molecule has 1 aliphatic rings. The van der Waals surface area contributed by atoms with Gasteiger partial charge in [-0.1, -0.05) is 0 Å². The third-order valence-electron chi connectivity index (χ3n) is 5.00. The minimum atomic E-state index is -3.93. The normalized spacial score (nSPS) is 15.5. The fourth-order valence-corrected chi connectivity index (χ4v) is 6.15. The van der Waals surface area contributed by atoms with Crippen molar-refractivity contribution in [1.29, 1.82) is 0 Å². The number of halogens is 4. The molecule has 3 aromatic rings. The molecule has 0 atom stereocenters. The van der Waals surface area contributed by atoms with E-state index >= 15 is 0 Å². The molecule has 0 bridgehead atoms. The summed E-state index contributed by atoms with van der Waals surface area (Å²) in [5.74, 6) is -3.32. The Labute approximate surface area is 174 Å². The predicted octanol–water partition coefficient (Wildman–Crippen LogP) is 4.81. The summed E-state index contributed by atoms with van der Waals surface area (Å²) in [4.78, 5) is 5.81. The van der Waals surface area contributed by atoms with E-state index in [0.29, 0.717) is 35.5 Å². The molecule has 158 valence electrons. The summed E-state index contributed by atoms with van der Waals surface area (Å²) in [5, 5.41) is 1.50. The van der Waals surface area contributed by atoms with Crippen molar-refractivity contribution in [2.45, 2.75) is 23.0 Å². The van der Waals surface area contributed by atoms with Crippen molar-refractivity contribution in [3.8, 4) is 11.3 Å². The number of anilines is 1. The Morgan fingerprint density at radius 2 is 1.60 bits per heavy atom. The predicted molar refractivity (Wildman–Crippen MR) is 106 cm³/mol. The van der Waals surface area contributed by atoms with Gasteiger partial charge in [0.2, 0.25) is 0 Å². The summed E-state index contributed by atoms with van der Waals surface area (Å²) < 4.78 is 79.5. The molecule has 1 fully saturated rings. The summed E-state index contributed by atoms with van der Waals surface area (Å²) in [7, 11) is -3.93. The fourth-order valence-electron chi connectivity index (χ4n) is 3.49. The van der Waals surface area contributed by atoms with Crippen LogP contribution in [0.25, 0.3) is 11.3 Å². The Kier molecular flexibility index (Phi) is 5.54. The quantitative estimate of drug-likeness (QED) is 0.418. The molecule has 0 radical (unpaired) electrons. The number of rotatable bonds is 4. The van der Waals surface area contributed by atoms with Crippen LogP contribution in [0.5, 0.6) is 0 Å². The minimum Gasteiger partial charge on any atom is -0.348 e. The first-order chi connectivity index (χ1) is 14.2. The lowest BCUT2D eigenvalue weighted by Gasteiger charge is -2.31. The number of thiazole rings is 1. The summed E-state index contributed by atoms with van der Waals surface area (Å²) >= 11 is 1.29. The van der Waals surface area contributed by atoms with Gasteiger partial charge in [0, 0.05) is 36.2 Å². The maximum Gasteiger partial charge on any atom is 0.185 e. The van der Waals surface area contributed by atoms with Gasteiger partial charge >= 0.3 is 0 Å². The molecule has 4 nitrogen and oxygen atoms in total. The van der Waals surface area contributed by atoms with E-state index in [9.17, 15) is 26.0 Å². The van der Waals surface area contributed by atoms with Crippen molar-refractivity contribution in [1.82, 2.24) is 4.98 Å². The lowest BCUT2D eigenvalue weighted by Crippen LogP contribution is -2.39. The number of nitrogens with zero attached hydrogens (tertiary/aromatic N) is 2. The molecular formula is C20H16F4N2O2S2. The zero-order valence-electron chi connectivity index (χ0n) is 15.5. The van der Waals surface area contributed by atoms with Gasteiger partial charge in [0.05, 0.1) is 10.9 Å². The van der Waals surface area contributed by atoms with Crippen LogP contribution in [-0.4, -0.2) is 31.7 Å². The lowest BCUT2D eigenvalue weighted by atomic mass is 10.1. The van der Waals surface area contributed by atoms with E-state index in [2.05, 4.69) is 4.98 Å². The first-order valence-corrected chi connectivity index (χ1v) is 11.5. The number of hydrogen-bond donors (Lipinski definition) is 0. The van der Waals surface area contributed by atoms with Crippen molar-refractivity contribution in [2.24, 2.45) is 0 Å². The smallest absolute Gasteiger partial charge is 0.185 e. The van der Waals surface area contributed by atoms with Crippen molar-refractivity contribution in [3.05, 3.63) is 65.0 Å². The van der Waals surface area contributed by atoms with Crippen LogP contribution >= 0.6 is 11.3 Å². The molecule has 0 saturated carbocycles. The third kappa shape index (κ3) is 4.06.